The van der Waals surface area contributed by atoms with Crippen molar-refractivity contribution >= 4 is 5.82 Å². The van der Waals surface area contributed by atoms with Crippen LogP contribution in [0.3, 0.4) is 0 Å². The van der Waals surface area contributed by atoms with Gasteiger partial charge in [0.2, 0.25) is 0 Å². The van der Waals surface area contributed by atoms with E-state index in [1.54, 1.807) is 0 Å². The van der Waals surface area contributed by atoms with Crippen molar-refractivity contribution in [2.75, 3.05) is 18.9 Å². The molecule has 0 aromatic carbocycles. The molecule has 4 nitrogen and oxygen atoms in total. The average Bonchev–Trinajstić information content (AvgIpc) is 2.74. The summed E-state index contributed by atoms with van der Waals surface area (Å²) in [6.45, 7) is 6.66. The van der Waals surface area contributed by atoms with E-state index in [4.69, 9.17) is 0 Å². The van der Waals surface area contributed by atoms with Crippen LogP contribution in [-0.2, 0) is 13.6 Å². The normalized spacial score (nSPS) is 21.6. The van der Waals surface area contributed by atoms with Gasteiger partial charge in [-0.15, -0.1) is 0 Å². The van der Waals surface area contributed by atoms with Crippen LogP contribution in [0.2, 0.25) is 0 Å². The molecule has 16 heavy (non-hydrogen) atoms. The number of anilines is 1. The average molecular weight is 222 g/mol. The Morgan fingerprint density at radius 1 is 1.50 bits per heavy atom. The van der Waals surface area contributed by atoms with Gasteiger partial charge in [0.05, 0.1) is 5.69 Å². The van der Waals surface area contributed by atoms with Crippen molar-refractivity contribution in [1.29, 1.82) is 0 Å². The maximum atomic E-state index is 4.48. The minimum atomic E-state index is 0.712. The number of nitrogens with zero attached hydrogens (tertiary/aromatic N) is 3. The van der Waals surface area contributed by atoms with Crippen LogP contribution >= 0.6 is 0 Å². The van der Waals surface area contributed by atoms with Crippen LogP contribution in [0, 0.1) is 6.92 Å². The molecule has 4 heteroatoms. The molecular weight excluding hydrogens is 200 g/mol. The molecule has 0 radical (unpaired) electrons. The van der Waals surface area contributed by atoms with Gasteiger partial charge < -0.3 is 5.32 Å². The zero-order chi connectivity index (χ0) is 11.7. The number of hydrogen-bond acceptors (Lipinski definition) is 3. The molecule has 1 aromatic rings. The number of hydrogen-bond donors (Lipinski definition) is 1. The summed E-state index contributed by atoms with van der Waals surface area (Å²) in [5.74, 6) is 1.15. The molecule has 2 heterocycles. The van der Waals surface area contributed by atoms with Crippen LogP contribution in [0.1, 0.15) is 31.0 Å². The standard InChI is InChI=1S/C12H22N4/c1-9-6-5-7-16(9)8-11-10(2)14-15(4)12(11)13-3/h9,13H,5-8H2,1-4H3. The quantitative estimate of drug-likeness (QED) is 0.846. The zero-order valence-corrected chi connectivity index (χ0v) is 10.7. The molecule has 1 N–H and O–H groups in total. The summed E-state index contributed by atoms with van der Waals surface area (Å²) in [7, 11) is 3.96. The molecule has 2 rings (SSSR count). The van der Waals surface area contributed by atoms with E-state index in [0.29, 0.717) is 6.04 Å². The van der Waals surface area contributed by atoms with Crippen LogP contribution in [0.5, 0.6) is 0 Å². The van der Waals surface area contributed by atoms with Crippen molar-refractivity contribution in [1.82, 2.24) is 14.7 Å². The Bertz CT molecular complexity index is 369. The summed E-state index contributed by atoms with van der Waals surface area (Å²) in [4.78, 5) is 2.55. The van der Waals surface area contributed by atoms with Gasteiger partial charge in [0, 0.05) is 32.2 Å². The lowest BCUT2D eigenvalue weighted by Gasteiger charge is -2.21. The summed E-state index contributed by atoms with van der Waals surface area (Å²) in [5, 5.41) is 7.72. The maximum absolute atomic E-state index is 4.48. The Kier molecular flexibility index (Phi) is 3.19. The van der Waals surface area contributed by atoms with Crippen molar-refractivity contribution in [3.63, 3.8) is 0 Å². The first kappa shape index (κ1) is 11.5. The van der Waals surface area contributed by atoms with Crippen LogP contribution in [0.4, 0.5) is 5.82 Å². The predicted octanol–water partition coefficient (Wildman–Crippen LogP) is 1.75. The number of aryl methyl sites for hydroxylation is 2. The number of aromatic nitrogens is 2. The Morgan fingerprint density at radius 2 is 2.25 bits per heavy atom. The third kappa shape index (κ3) is 1.94. The van der Waals surface area contributed by atoms with Gasteiger partial charge >= 0.3 is 0 Å². The predicted molar refractivity (Wildman–Crippen MR) is 66.6 cm³/mol. The molecule has 1 unspecified atom stereocenters. The van der Waals surface area contributed by atoms with Gasteiger partial charge in [-0.3, -0.25) is 9.58 Å². The molecule has 0 saturated carbocycles. The van der Waals surface area contributed by atoms with E-state index < -0.39 is 0 Å². The Morgan fingerprint density at radius 3 is 2.81 bits per heavy atom. The van der Waals surface area contributed by atoms with E-state index in [9.17, 15) is 0 Å². The van der Waals surface area contributed by atoms with Gasteiger partial charge in [0.15, 0.2) is 0 Å². The minimum Gasteiger partial charge on any atom is -0.373 e. The van der Waals surface area contributed by atoms with Gasteiger partial charge in [0.25, 0.3) is 0 Å². The van der Waals surface area contributed by atoms with Crippen LogP contribution in [0.15, 0.2) is 0 Å². The molecule has 0 bridgehead atoms. The Hall–Kier alpha value is -1.03. The van der Waals surface area contributed by atoms with E-state index in [2.05, 4.69) is 29.2 Å². The first-order valence-electron chi connectivity index (χ1n) is 6.07. The summed E-state index contributed by atoms with van der Waals surface area (Å²) in [6, 6.07) is 0.712. The number of rotatable bonds is 3. The lowest BCUT2D eigenvalue weighted by atomic mass is 10.2. The van der Waals surface area contributed by atoms with Gasteiger partial charge in [-0.05, 0) is 33.2 Å². The molecule has 1 fully saturated rings. The summed E-state index contributed by atoms with van der Waals surface area (Å²) < 4.78 is 1.94. The number of likely N-dealkylation sites (tertiary alicyclic amines) is 1. The first-order chi connectivity index (χ1) is 7.63. The van der Waals surface area contributed by atoms with Crippen molar-refractivity contribution in [2.24, 2.45) is 7.05 Å². The van der Waals surface area contributed by atoms with E-state index in [-0.39, 0.29) is 0 Å². The van der Waals surface area contributed by atoms with Crippen molar-refractivity contribution in [3.8, 4) is 0 Å². The fourth-order valence-electron chi connectivity index (χ4n) is 2.63. The molecule has 0 aliphatic carbocycles. The smallest absolute Gasteiger partial charge is 0.128 e. The Balaban J connectivity index is 2.20. The fraction of sp³-hybridized carbons (Fsp3) is 0.750. The Labute approximate surface area is 97.6 Å². The van der Waals surface area contributed by atoms with Crippen molar-refractivity contribution in [2.45, 2.75) is 39.3 Å². The second-order valence-corrected chi connectivity index (χ2v) is 4.75. The second-order valence-electron chi connectivity index (χ2n) is 4.75. The van der Waals surface area contributed by atoms with Crippen LogP contribution in [0.25, 0.3) is 0 Å². The van der Waals surface area contributed by atoms with E-state index in [0.717, 1.165) is 18.1 Å². The third-order valence-corrected chi connectivity index (χ3v) is 3.63. The number of nitrogens with one attached hydrogen (secondary N) is 1. The van der Waals surface area contributed by atoms with Crippen molar-refractivity contribution in [3.05, 3.63) is 11.3 Å². The molecule has 90 valence electrons. The lowest BCUT2D eigenvalue weighted by Crippen LogP contribution is -2.26. The summed E-state index contributed by atoms with van der Waals surface area (Å²) in [5.41, 5.74) is 2.49. The third-order valence-electron chi connectivity index (χ3n) is 3.63. The molecule has 0 spiro atoms. The molecule has 1 aromatic heterocycles. The highest BCUT2D eigenvalue weighted by Gasteiger charge is 2.23. The van der Waals surface area contributed by atoms with Gasteiger partial charge in [0.1, 0.15) is 5.82 Å². The largest absolute Gasteiger partial charge is 0.373 e. The summed E-state index contributed by atoms with van der Waals surface area (Å²) >= 11 is 0. The molecule has 1 saturated heterocycles. The molecule has 0 amide bonds. The van der Waals surface area contributed by atoms with Gasteiger partial charge in [-0.1, -0.05) is 0 Å². The highest BCUT2D eigenvalue weighted by Crippen LogP contribution is 2.25. The zero-order valence-electron chi connectivity index (χ0n) is 10.7. The molecule has 1 aliphatic rings. The van der Waals surface area contributed by atoms with E-state index >= 15 is 0 Å². The minimum absolute atomic E-state index is 0.712. The maximum Gasteiger partial charge on any atom is 0.128 e. The van der Waals surface area contributed by atoms with E-state index in [1.807, 2.05) is 18.8 Å². The highest BCUT2D eigenvalue weighted by atomic mass is 15.3. The molecule has 1 aliphatic heterocycles. The monoisotopic (exact) mass is 222 g/mol. The van der Waals surface area contributed by atoms with Gasteiger partial charge in [-0.2, -0.15) is 5.10 Å². The SMILES string of the molecule is CNc1c(CN2CCCC2C)c(C)nn1C. The first-order valence-corrected chi connectivity index (χ1v) is 6.07. The molecule has 1 atom stereocenters. The van der Waals surface area contributed by atoms with Crippen LogP contribution < -0.4 is 5.32 Å². The van der Waals surface area contributed by atoms with Crippen molar-refractivity contribution < 1.29 is 0 Å². The topological polar surface area (TPSA) is 33.1 Å². The van der Waals surface area contributed by atoms with E-state index in [1.165, 1.54) is 24.9 Å². The lowest BCUT2D eigenvalue weighted by molar-refractivity contribution is 0.260. The highest BCUT2D eigenvalue weighted by molar-refractivity contribution is 5.46. The summed E-state index contributed by atoms with van der Waals surface area (Å²) in [6.07, 6.45) is 2.66. The van der Waals surface area contributed by atoms with Crippen LogP contribution in [-0.4, -0.2) is 34.3 Å². The van der Waals surface area contributed by atoms with Gasteiger partial charge in [-0.25, -0.2) is 0 Å². The fourth-order valence-corrected chi connectivity index (χ4v) is 2.63. The molecular formula is C12H22N4. The second kappa shape index (κ2) is 4.45.